The van der Waals surface area contributed by atoms with Gasteiger partial charge in [0.05, 0.1) is 0 Å². The largest absolute Gasteiger partial charge is 0.347 e. The normalized spacial score (nSPS) is 10.3. The summed E-state index contributed by atoms with van der Waals surface area (Å²) < 4.78 is 13.2. The van der Waals surface area contributed by atoms with E-state index in [2.05, 4.69) is 15.6 Å². The Morgan fingerprint density at radius 3 is 2.52 bits per heavy atom. The van der Waals surface area contributed by atoms with Crippen LogP contribution in [0.3, 0.4) is 0 Å². The number of hydrogen-bond acceptors (Lipinski definition) is 3. The number of carbonyl (C=O) groups is 2. The molecule has 3 aromatic rings. The molecule has 3 rings (SSSR count). The topological polar surface area (TPSA) is 71.1 Å². The molecule has 2 aromatic carbocycles. The van der Waals surface area contributed by atoms with Gasteiger partial charge < -0.3 is 10.6 Å². The molecule has 0 atom stereocenters. The lowest BCUT2D eigenvalue weighted by atomic mass is 10.1. The van der Waals surface area contributed by atoms with Gasteiger partial charge in [0, 0.05) is 24.0 Å². The van der Waals surface area contributed by atoms with Crippen LogP contribution in [0.5, 0.6) is 0 Å². The van der Waals surface area contributed by atoms with Crippen molar-refractivity contribution in [3.63, 3.8) is 0 Å². The summed E-state index contributed by atoms with van der Waals surface area (Å²) in [6.45, 7) is 2.35. The molecule has 0 radical (unpaired) electrons. The highest BCUT2D eigenvalue weighted by Crippen LogP contribution is 2.12. The van der Waals surface area contributed by atoms with Crippen LogP contribution in [0, 0.1) is 12.7 Å². The number of pyridine rings is 1. The minimum Gasteiger partial charge on any atom is -0.347 e. The van der Waals surface area contributed by atoms with Crippen molar-refractivity contribution < 1.29 is 14.0 Å². The monoisotopic (exact) mass is 363 g/mol. The Balaban J connectivity index is 1.66. The van der Waals surface area contributed by atoms with Crippen LogP contribution in [-0.2, 0) is 6.54 Å². The van der Waals surface area contributed by atoms with Crippen molar-refractivity contribution >= 4 is 17.5 Å². The molecule has 0 saturated carbocycles. The molecule has 2 N–H and O–H groups in total. The Kier molecular flexibility index (Phi) is 5.56. The summed E-state index contributed by atoms with van der Waals surface area (Å²) in [6, 6.07) is 16.3. The molecular weight excluding hydrogens is 345 g/mol. The fourth-order valence-corrected chi connectivity index (χ4v) is 2.44. The predicted octanol–water partition coefficient (Wildman–Crippen LogP) is 3.71. The van der Waals surface area contributed by atoms with Crippen molar-refractivity contribution in [3.8, 4) is 0 Å². The zero-order valence-electron chi connectivity index (χ0n) is 14.7. The molecule has 0 aliphatic carbocycles. The third-order valence-corrected chi connectivity index (χ3v) is 3.91. The average molecular weight is 363 g/mol. The molecule has 2 amide bonds. The summed E-state index contributed by atoms with van der Waals surface area (Å²) in [4.78, 5) is 28.6. The van der Waals surface area contributed by atoms with Gasteiger partial charge in [-0.15, -0.1) is 0 Å². The van der Waals surface area contributed by atoms with E-state index in [1.54, 1.807) is 6.07 Å². The van der Waals surface area contributed by atoms with Gasteiger partial charge in [-0.1, -0.05) is 35.9 Å². The van der Waals surface area contributed by atoms with Gasteiger partial charge in [-0.2, -0.15) is 0 Å². The van der Waals surface area contributed by atoms with E-state index in [1.807, 2.05) is 31.2 Å². The third-order valence-electron chi connectivity index (χ3n) is 3.91. The van der Waals surface area contributed by atoms with Crippen LogP contribution < -0.4 is 10.6 Å². The Hall–Kier alpha value is -3.54. The summed E-state index contributed by atoms with van der Waals surface area (Å²) in [6.07, 6.45) is 1.39. The van der Waals surface area contributed by atoms with E-state index in [4.69, 9.17) is 0 Å². The third kappa shape index (κ3) is 4.98. The Morgan fingerprint density at radius 2 is 1.78 bits per heavy atom. The van der Waals surface area contributed by atoms with Gasteiger partial charge in [0.15, 0.2) is 0 Å². The number of carbonyl (C=O) groups excluding carboxylic acids is 2. The van der Waals surface area contributed by atoms with E-state index in [1.165, 1.54) is 36.5 Å². The maximum atomic E-state index is 13.2. The summed E-state index contributed by atoms with van der Waals surface area (Å²) in [7, 11) is 0. The number of aryl methyl sites for hydroxylation is 1. The molecule has 0 unspecified atom stereocenters. The molecule has 0 fully saturated rings. The summed E-state index contributed by atoms with van der Waals surface area (Å²) in [5, 5.41) is 5.37. The maximum Gasteiger partial charge on any atom is 0.270 e. The molecule has 0 bridgehead atoms. The molecular formula is C21H18FN3O2. The van der Waals surface area contributed by atoms with Crippen molar-refractivity contribution in [2.45, 2.75) is 13.5 Å². The van der Waals surface area contributed by atoms with Crippen molar-refractivity contribution in [1.82, 2.24) is 10.3 Å². The van der Waals surface area contributed by atoms with E-state index in [-0.39, 0.29) is 17.2 Å². The van der Waals surface area contributed by atoms with Crippen LogP contribution in [0.1, 0.15) is 32.0 Å². The standard InChI is InChI=1S/C21H18FN3O2/c1-14-5-7-15(8-6-14)13-24-21(27)19-11-16(9-10-23-19)20(26)25-18-4-2-3-17(22)12-18/h2-12H,13H2,1H3,(H,24,27)(H,25,26). The first-order valence-electron chi connectivity index (χ1n) is 8.38. The highest BCUT2D eigenvalue weighted by Gasteiger charge is 2.12. The second-order valence-corrected chi connectivity index (χ2v) is 6.06. The lowest BCUT2D eigenvalue weighted by Crippen LogP contribution is -2.24. The average Bonchev–Trinajstić information content (AvgIpc) is 2.67. The number of halogens is 1. The van der Waals surface area contributed by atoms with Crippen molar-refractivity contribution in [1.29, 1.82) is 0 Å². The molecule has 1 aromatic heterocycles. The first-order chi connectivity index (χ1) is 13.0. The smallest absolute Gasteiger partial charge is 0.270 e. The van der Waals surface area contributed by atoms with E-state index in [0.29, 0.717) is 12.2 Å². The van der Waals surface area contributed by atoms with Gasteiger partial charge >= 0.3 is 0 Å². The van der Waals surface area contributed by atoms with E-state index in [0.717, 1.165) is 11.1 Å². The minimum absolute atomic E-state index is 0.133. The second-order valence-electron chi connectivity index (χ2n) is 6.06. The van der Waals surface area contributed by atoms with Gasteiger partial charge in [0.25, 0.3) is 11.8 Å². The minimum atomic E-state index is -0.449. The Morgan fingerprint density at radius 1 is 1.00 bits per heavy atom. The summed E-state index contributed by atoms with van der Waals surface area (Å²) in [5.41, 5.74) is 2.84. The zero-order valence-corrected chi connectivity index (χ0v) is 14.7. The highest BCUT2D eigenvalue weighted by molar-refractivity contribution is 6.05. The van der Waals surface area contributed by atoms with Gasteiger partial charge in [0.2, 0.25) is 0 Å². The van der Waals surface area contributed by atoms with Crippen LogP contribution in [0.4, 0.5) is 10.1 Å². The zero-order chi connectivity index (χ0) is 19.2. The lowest BCUT2D eigenvalue weighted by Gasteiger charge is -2.08. The Labute approximate surface area is 156 Å². The van der Waals surface area contributed by atoms with Gasteiger partial charge in [-0.25, -0.2) is 4.39 Å². The number of nitrogens with zero attached hydrogens (tertiary/aromatic N) is 1. The second kappa shape index (κ2) is 8.23. The number of amides is 2. The molecule has 27 heavy (non-hydrogen) atoms. The van der Waals surface area contributed by atoms with Crippen LogP contribution in [0.2, 0.25) is 0 Å². The fraction of sp³-hybridized carbons (Fsp3) is 0.0952. The first kappa shape index (κ1) is 18.3. The molecule has 136 valence electrons. The van der Waals surface area contributed by atoms with E-state index in [9.17, 15) is 14.0 Å². The van der Waals surface area contributed by atoms with Crippen molar-refractivity contribution in [3.05, 3.63) is 95.1 Å². The fourth-order valence-electron chi connectivity index (χ4n) is 2.44. The number of anilines is 1. The van der Waals surface area contributed by atoms with Gasteiger partial charge in [-0.05, 0) is 42.8 Å². The maximum absolute atomic E-state index is 13.2. The molecule has 5 nitrogen and oxygen atoms in total. The molecule has 0 aliphatic heterocycles. The van der Waals surface area contributed by atoms with E-state index < -0.39 is 11.7 Å². The molecule has 6 heteroatoms. The number of hydrogen-bond donors (Lipinski definition) is 2. The van der Waals surface area contributed by atoms with Crippen LogP contribution >= 0.6 is 0 Å². The lowest BCUT2D eigenvalue weighted by molar-refractivity contribution is 0.0946. The number of rotatable bonds is 5. The molecule has 0 aliphatic rings. The van der Waals surface area contributed by atoms with Crippen molar-refractivity contribution in [2.24, 2.45) is 0 Å². The molecule has 0 spiro atoms. The Bertz CT molecular complexity index is 971. The predicted molar refractivity (Wildman–Crippen MR) is 101 cm³/mol. The van der Waals surface area contributed by atoms with Gasteiger partial charge in [-0.3, -0.25) is 14.6 Å². The quantitative estimate of drug-likeness (QED) is 0.726. The van der Waals surface area contributed by atoms with Crippen LogP contribution in [0.25, 0.3) is 0 Å². The van der Waals surface area contributed by atoms with Crippen LogP contribution in [-0.4, -0.2) is 16.8 Å². The van der Waals surface area contributed by atoms with E-state index >= 15 is 0 Å². The molecule has 1 heterocycles. The highest BCUT2D eigenvalue weighted by atomic mass is 19.1. The van der Waals surface area contributed by atoms with Crippen molar-refractivity contribution in [2.75, 3.05) is 5.32 Å². The molecule has 0 saturated heterocycles. The first-order valence-corrected chi connectivity index (χ1v) is 8.38. The summed E-state index contributed by atoms with van der Waals surface area (Å²) in [5.74, 6) is -1.27. The van der Waals surface area contributed by atoms with Crippen LogP contribution in [0.15, 0.2) is 66.9 Å². The number of aromatic nitrogens is 1. The SMILES string of the molecule is Cc1ccc(CNC(=O)c2cc(C(=O)Nc3cccc(F)c3)ccn2)cc1. The van der Waals surface area contributed by atoms with Gasteiger partial charge in [0.1, 0.15) is 11.5 Å². The summed E-state index contributed by atoms with van der Waals surface area (Å²) >= 11 is 0. The number of nitrogens with one attached hydrogen (secondary N) is 2. The number of benzene rings is 2.